The summed E-state index contributed by atoms with van der Waals surface area (Å²) >= 11 is 0. The van der Waals surface area contributed by atoms with Gasteiger partial charge in [-0.05, 0) is 37.5 Å². The van der Waals surface area contributed by atoms with Gasteiger partial charge in [0.1, 0.15) is 23.5 Å². The number of carbonyl (C=O) groups is 1. The monoisotopic (exact) mass is 435 g/mol. The number of likely N-dealkylation sites (tertiary alicyclic amines) is 1. The van der Waals surface area contributed by atoms with Crippen LogP contribution in [0, 0.1) is 0 Å². The molecular weight excluding hydrogens is 406 g/mol. The number of carbonyl (C=O) groups excluding carboxylic acids is 1. The van der Waals surface area contributed by atoms with Crippen LogP contribution in [-0.4, -0.2) is 58.4 Å². The summed E-state index contributed by atoms with van der Waals surface area (Å²) in [6.07, 6.45) is 1.37. The maximum absolute atomic E-state index is 12.8. The van der Waals surface area contributed by atoms with Crippen LogP contribution in [-0.2, 0) is 29.2 Å². The molecule has 1 unspecified atom stereocenters. The van der Waals surface area contributed by atoms with Crippen molar-refractivity contribution in [2.24, 2.45) is 0 Å². The molecule has 1 N–H and O–H groups in total. The molecule has 1 amide bonds. The molecule has 1 aromatic carbocycles. The normalized spacial score (nSPS) is 17.7. The van der Waals surface area contributed by atoms with Gasteiger partial charge in [-0.15, -0.1) is 22.6 Å². The minimum Gasteiger partial charge on any atom is -0.497 e. The van der Waals surface area contributed by atoms with Gasteiger partial charge in [-0.1, -0.05) is 12.1 Å². The average Bonchev–Trinajstić information content (AvgIpc) is 3.21. The van der Waals surface area contributed by atoms with Crippen molar-refractivity contribution in [3.63, 3.8) is 0 Å². The molecule has 1 fully saturated rings. The van der Waals surface area contributed by atoms with Crippen LogP contribution in [0.5, 0.6) is 5.75 Å². The number of hydrogen-bond donors (Lipinski definition) is 1. The van der Waals surface area contributed by atoms with E-state index in [4.69, 9.17) is 9.47 Å². The first-order valence-corrected chi connectivity index (χ1v) is 10.3. The third kappa shape index (κ3) is 4.94. The number of benzene rings is 1. The van der Waals surface area contributed by atoms with Gasteiger partial charge in [-0.25, -0.2) is 0 Å². The Hall–Kier alpha value is -2.16. The number of nitrogens with zero attached hydrogens (tertiary/aromatic N) is 4. The molecule has 0 saturated carbocycles. The highest BCUT2D eigenvalue weighted by molar-refractivity contribution is 5.85. The summed E-state index contributed by atoms with van der Waals surface area (Å²) in [6.45, 7) is 6.35. The molecule has 30 heavy (non-hydrogen) atoms. The molecule has 0 radical (unpaired) electrons. The van der Waals surface area contributed by atoms with Crippen molar-refractivity contribution in [3.05, 3.63) is 41.5 Å². The number of rotatable bonds is 6. The van der Waals surface area contributed by atoms with E-state index in [-0.39, 0.29) is 18.3 Å². The maximum Gasteiger partial charge on any atom is 0.251 e. The van der Waals surface area contributed by atoms with E-state index >= 15 is 0 Å². The van der Waals surface area contributed by atoms with Crippen LogP contribution < -0.4 is 10.1 Å². The molecule has 2 aliphatic heterocycles. The van der Waals surface area contributed by atoms with Crippen molar-refractivity contribution in [1.82, 2.24) is 25.0 Å². The van der Waals surface area contributed by atoms with E-state index in [9.17, 15) is 4.79 Å². The number of amides is 1. The first-order chi connectivity index (χ1) is 14.2. The molecule has 0 spiro atoms. The van der Waals surface area contributed by atoms with Crippen LogP contribution in [0.3, 0.4) is 0 Å². The highest BCUT2D eigenvalue weighted by Gasteiger charge is 2.30. The zero-order valence-electron chi connectivity index (χ0n) is 17.5. The lowest BCUT2D eigenvalue weighted by atomic mass is 9.95. The van der Waals surface area contributed by atoms with Gasteiger partial charge in [0.2, 0.25) is 0 Å². The lowest BCUT2D eigenvalue weighted by Crippen LogP contribution is -2.43. The van der Waals surface area contributed by atoms with Crippen LogP contribution in [0.1, 0.15) is 42.9 Å². The molecule has 8 nitrogen and oxygen atoms in total. The molecule has 0 aliphatic carbocycles. The van der Waals surface area contributed by atoms with Crippen molar-refractivity contribution >= 4 is 18.3 Å². The summed E-state index contributed by atoms with van der Waals surface area (Å²) < 4.78 is 13.3. The van der Waals surface area contributed by atoms with E-state index < -0.39 is 6.10 Å². The molecular formula is C21H30ClN5O3. The molecule has 0 bridgehead atoms. The molecule has 4 rings (SSSR count). The Morgan fingerprint density at radius 2 is 2.07 bits per heavy atom. The Morgan fingerprint density at radius 3 is 2.83 bits per heavy atom. The van der Waals surface area contributed by atoms with Gasteiger partial charge in [-0.2, -0.15) is 0 Å². The number of nitrogens with one attached hydrogen (secondary N) is 1. The molecule has 164 valence electrons. The largest absolute Gasteiger partial charge is 0.497 e. The maximum atomic E-state index is 12.8. The first kappa shape index (κ1) is 22.5. The fourth-order valence-corrected chi connectivity index (χ4v) is 4.09. The lowest BCUT2D eigenvalue weighted by Gasteiger charge is -2.33. The quantitative estimate of drug-likeness (QED) is 0.748. The Bertz CT molecular complexity index is 851. The van der Waals surface area contributed by atoms with Crippen LogP contribution in [0.15, 0.2) is 24.3 Å². The van der Waals surface area contributed by atoms with Crippen LogP contribution in [0.25, 0.3) is 0 Å². The fraction of sp³-hybridized carbons (Fsp3) is 0.571. The summed E-state index contributed by atoms with van der Waals surface area (Å²) in [5.74, 6) is 3.31. The number of aromatic nitrogens is 3. The second kappa shape index (κ2) is 10.2. The Morgan fingerprint density at radius 1 is 1.27 bits per heavy atom. The molecule has 9 heteroatoms. The molecule has 1 aromatic heterocycles. The van der Waals surface area contributed by atoms with Gasteiger partial charge in [0.15, 0.2) is 0 Å². The first-order valence-electron chi connectivity index (χ1n) is 10.3. The average molecular weight is 436 g/mol. The topological polar surface area (TPSA) is 81.5 Å². The summed E-state index contributed by atoms with van der Waals surface area (Å²) in [5, 5.41) is 12.1. The predicted molar refractivity (Wildman–Crippen MR) is 115 cm³/mol. The summed E-state index contributed by atoms with van der Waals surface area (Å²) in [6, 6.07) is 7.72. The number of methoxy groups -OCH3 is 1. The third-order valence-electron chi connectivity index (χ3n) is 5.81. The molecule has 3 heterocycles. The van der Waals surface area contributed by atoms with E-state index in [0.717, 1.165) is 68.5 Å². The molecule has 1 atom stereocenters. The van der Waals surface area contributed by atoms with E-state index in [1.807, 2.05) is 36.1 Å². The second-order valence-corrected chi connectivity index (χ2v) is 7.71. The van der Waals surface area contributed by atoms with Crippen molar-refractivity contribution in [2.75, 3.05) is 26.7 Å². The minimum absolute atomic E-state index is 0. The summed E-state index contributed by atoms with van der Waals surface area (Å²) in [7, 11) is 1.64. The number of halogens is 1. The van der Waals surface area contributed by atoms with Gasteiger partial charge in [-0.3, -0.25) is 4.79 Å². The molecule has 2 aliphatic rings. The van der Waals surface area contributed by atoms with Crippen molar-refractivity contribution in [1.29, 1.82) is 0 Å². The standard InChI is InChI=1S/C21H29N5O3.ClH/c1-15(29-14-16-4-3-5-18(12-16)28-2)21(27)25-9-6-17(7-10-25)20-24-23-19-13-22-8-11-26(19)20;/h3-5,12,15,17,22H,6-11,13-14H2,1-2H3;1H. The van der Waals surface area contributed by atoms with E-state index in [2.05, 4.69) is 20.1 Å². The van der Waals surface area contributed by atoms with Gasteiger partial charge >= 0.3 is 0 Å². The molecule has 1 saturated heterocycles. The highest BCUT2D eigenvalue weighted by Crippen LogP contribution is 2.28. The fourth-order valence-electron chi connectivity index (χ4n) is 4.09. The van der Waals surface area contributed by atoms with Gasteiger partial charge in [0.25, 0.3) is 5.91 Å². The van der Waals surface area contributed by atoms with Crippen LogP contribution in [0.2, 0.25) is 0 Å². The van der Waals surface area contributed by atoms with Crippen LogP contribution in [0.4, 0.5) is 0 Å². The highest BCUT2D eigenvalue weighted by atomic mass is 35.5. The predicted octanol–water partition coefficient (Wildman–Crippen LogP) is 2.12. The van der Waals surface area contributed by atoms with Gasteiger partial charge < -0.3 is 24.3 Å². The lowest BCUT2D eigenvalue weighted by molar-refractivity contribution is -0.144. The van der Waals surface area contributed by atoms with E-state index in [1.165, 1.54) is 0 Å². The molecule has 2 aromatic rings. The number of fused-ring (bicyclic) bond motifs is 1. The van der Waals surface area contributed by atoms with E-state index in [0.29, 0.717) is 12.5 Å². The van der Waals surface area contributed by atoms with Gasteiger partial charge in [0.05, 0.1) is 20.3 Å². The summed E-state index contributed by atoms with van der Waals surface area (Å²) in [5.41, 5.74) is 0.994. The van der Waals surface area contributed by atoms with Crippen molar-refractivity contribution in [2.45, 2.75) is 51.5 Å². The van der Waals surface area contributed by atoms with E-state index in [1.54, 1.807) is 7.11 Å². The number of ether oxygens (including phenoxy) is 2. The van der Waals surface area contributed by atoms with Crippen molar-refractivity contribution < 1.29 is 14.3 Å². The second-order valence-electron chi connectivity index (χ2n) is 7.71. The Balaban J connectivity index is 0.00000256. The smallest absolute Gasteiger partial charge is 0.251 e. The Kier molecular flexibility index (Phi) is 7.69. The summed E-state index contributed by atoms with van der Waals surface area (Å²) in [4.78, 5) is 14.7. The van der Waals surface area contributed by atoms with Gasteiger partial charge in [0, 0.05) is 32.1 Å². The number of piperidine rings is 1. The minimum atomic E-state index is -0.468. The zero-order chi connectivity index (χ0) is 20.2. The SMILES string of the molecule is COc1cccc(COC(C)C(=O)N2CCC(c3nnc4n3CCNC4)CC2)c1.Cl. The number of hydrogen-bond acceptors (Lipinski definition) is 6. The van der Waals surface area contributed by atoms with Crippen LogP contribution >= 0.6 is 12.4 Å². The van der Waals surface area contributed by atoms with Crippen molar-refractivity contribution in [3.8, 4) is 5.75 Å². The zero-order valence-corrected chi connectivity index (χ0v) is 18.4. The Labute approximate surface area is 183 Å². The third-order valence-corrected chi connectivity index (χ3v) is 5.81.